The summed E-state index contributed by atoms with van der Waals surface area (Å²) >= 11 is 0. The van der Waals surface area contributed by atoms with Crippen LogP contribution in [0.1, 0.15) is 24.8 Å². The first-order valence-electron chi connectivity index (χ1n) is 5.80. The molecule has 1 fully saturated rings. The first-order chi connectivity index (χ1) is 8.29. The maximum Gasteiger partial charge on any atom is 0.227 e. The van der Waals surface area contributed by atoms with Gasteiger partial charge in [-0.3, -0.25) is 4.79 Å². The molecule has 3 nitrogen and oxygen atoms in total. The standard InChI is InChI=1S/C14H15NO2/c16-9-3-5-11-4-1-8-13(10-11)15-14(17)12-6-2-7-12/h1,4,8,10,12,16H,2,6-7,9H2,(H,15,17). The Kier molecular flexibility index (Phi) is 3.79. The maximum atomic E-state index is 11.7. The highest BCUT2D eigenvalue weighted by Crippen LogP contribution is 2.27. The van der Waals surface area contributed by atoms with E-state index < -0.39 is 0 Å². The van der Waals surface area contributed by atoms with E-state index in [0.717, 1.165) is 30.5 Å². The van der Waals surface area contributed by atoms with Crippen molar-refractivity contribution in [3.8, 4) is 11.8 Å². The van der Waals surface area contributed by atoms with Crippen molar-refractivity contribution in [1.29, 1.82) is 0 Å². The van der Waals surface area contributed by atoms with Crippen molar-refractivity contribution in [1.82, 2.24) is 0 Å². The summed E-state index contributed by atoms with van der Waals surface area (Å²) in [6.45, 7) is -0.154. The third-order valence-corrected chi connectivity index (χ3v) is 2.92. The molecule has 3 heteroatoms. The van der Waals surface area contributed by atoms with Crippen LogP contribution in [0.4, 0.5) is 5.69 Å². The number of amides is 1. The molecule has 1 amide bonds. The number of carbonyl (C=O) groups excluding carboxylic acids is 1. The highest BCUT2D eigenvalue weighted by Gasteiger charge is 2.24. The Morgan fingerprint density at radius 1 is 1.47 bits per heavy atom. The van der Waals surface area contributed by atoms with Crippen molar-refractivity contribution >= 4 is 11.6 Å². The lowest BCUT2D eigenvalue weighted by Crippen LogP contribution is -2.28. The second-order valence-electron chi connectivity index (χ2n) is 4.16. The van der Waals surface area contributed by atoms with E-state index in [4.69, 9.17) is 5.11 Å². The summed E-state index contributed by atoms with van der Waals surface area (Å²) in [7, 11) is 0. The Morgan fingerprint density at radius 3 is 2.94 bits per heavy atom. The molecule has 2 rings (SSSR count). The molecule has 0 heterocycles. The predicted molar refractivity (Wildman–Crippen MR) is 66.4 cm³/mol. The molecule has 0 radical (unpaired) electrons. The van der Waals surface area contributed by atoms with Crippen LogP contribution in [0.3, 0.4) is 0 Å². The largest absolute Gasteiger partial charge is 0.384 e. The first kappa shape index (κ1) is 11.7. The number of hydrogen-bond acceptors (Lipinski definition) is 2. The number of anilines is 1. The fourth-order valence-electron chi connectivity index (χ4n) is 1.73. The second kappa shape index (κ2) is 5.51. The number of benzene rings is 1. The summed E-state index contributed by atoms with van der Waals surface area (Å²) in [5.74, 6) is 5.68. The second-order valence-corrected chi connectivity index (χ2v) is 4.16. The molecular formula is C14H15NO2. The van der Waals surface area contributed by atoms with Crippen LogP contribution in [-0.2, 0) is 4.79 Å². The molecule has 0 bridgehead atoms. The molecule has 0 aromatic heterocycles. The van der Waals surface area contributed by atoms with E-state index in [1.54, 1.807) is 0 Å². The average molecular weight is 229 g/mol. The van der Waals surface area contributed by atoms with E-state index >= 15 is 0 Å². The molecule has 1 aliphatic carbocycles. The van der Waals surface area contributed by atoms with Gasteiger partial charge in [0, 0.05) is 17.2 Å². The van der Waals surface area contributed by atoms with Crippen molar-refractivity contribution in [2.75, 3.05) is 11.9 Å². The van der Waals surface area contributed by atoms with Crippen molar-refractivity contribution in [2.24, 2.45) is 5.92 Å². The molecular weight excluding hydrogens is 214 g/mol. The summed E-state index contributed by atoms with van der Waals surface area (Å²) in [6.07, 6.45) is 3.14. The maximum absolute atomic E-state index is 11.7. The fourth-order valence-corrected chi connectivity index (χ4v) is 1.73. The lowest BCUT2D eigenvalue weighted by molar-refractivity contribution is -0.122. The van der Waals surface area contributed by atoms with Gasteiger partial charge in [0.15, 0.2) is 0 Å². The van der Waals surface area contributed by atoms with Crippen LogP contribution < -0.4 is 5.32 Å². The Bertz CT molecular complexity index is 467. The third kappa shape index (κ3) is 3.08. The zero-order valence-corrected chi connectivity index (χ0v) is 9.57. The topological polar surface area (TPSA) is 49.3 Å². The van der Waals surface area contributed by atoms with Gasteiger partial charge in [0.05, 0.1) is 0 Å². The zero-order chi connectivity index (χ0) is 12.1. The van der Waals surface area contributed by atoms with E-state index in [2.05, 4.69) is 17.2 Å². The number of nitrogens with one attached hydrogen (secondary N) is 1. The molecule has 2 N–H and O–H groups in total. The predicted octanol–water partition coefficient (Wildman–Crippen LogP) is 1.77. The van der Waals surface area contributed by atoms with Gasteiger partial charge in [-0.1, -0.05) is 24.3 Å². The Hall–Kier alpha value is -1.79. The molecule has 0 aliphatic heterocycles. The summed E-state index contributed by atoms with van der Waals surface area (Å²) in [6, 6.07) is 7.36. The van der Waals surface area contributed by atoms with E-state index in [-0.39, 0.29) is 18.4 Å². The number of rotatable bonds is 2. The van der Waals surface area contributed by atoms with Crippen molar-refractivity contribution in [3.63, 3.8) is 0 Å². The SMILES string of the molecule is O=C(Nc1cccc(C#CCO)c1)C1CCC1. The van der Waals surface area contributed by atoms with Crippen LogP contribution in [0.2, 0.25) is 0 Å². The van der Waals surface area contributed by atoms with Crippen molar-refractivity contribution in [3.05, 3.63) is 29.8 Å². The van der Waals surface area contributed by atoms with Crippen molar-refractivity contribution in [2.45, 2.75) is 19.3 Å². The lowest BCUT2D eigenvalue weighted by Gasteiger charge is -2.24. The van der Waals surface area contributed by atoms with Crippen LogP contribution in [-0.4, -0.2) is 17.6 Å². The monoisotopic (exact) mass is 229 g/mol. The number of carbonyl (C=O) groups is 1. The average Bonchev–Trinajstić information content (AvgIpc) is 2.24. The number of aliphatic hydroxyl groups excluding tert-OH is 1. The van der Waals surface area contributed by atoms with E-state index in [1.807, 2.05) is 24.3 Å². The minimum Gasteiger partial charge on any atom is -0.384 e. The van der Waals surface area contributed by atoms with Gasteiger partial charge in [-0.15, -0.1) is 0 Å². The van der Waals surface area contributed by atoms with Crippen molar-refractivity contribution < 1.29 is 9.90 Å². The Balaban J connectivity index is 2.02. The third-order valence-electron chi connectivity index (χ3n) is 2.92. The lowest BCUT2D eigenvalue weighted by atomic mass is 9.85. The zero-order valence-electron chi connectivity index (χ0n) is 9.57. The normalized spacial score (nSPS) is 14.4. The molecule has 1 saturated carbocycles. The van der Waals surface area contributed by atoms with Crippen LogP contribution in [0, 0.1) is 17.8 Å². The van der Waals surface area contributed by atoms with Gasteiger partial charge in [-0.05, 0) is 31.0 Å². The van der Waals surface area contributed by atoms with E-state index in [9.17, 15) is 4.79 Å². The molecule has 0 spiro atoms. The molecule has 1 aliphatic rings. The summed E-state index contributed by atoms with van der Waals surface area (Å²) in [5, 5.41) is 11.5. The van der Waals surface area contributed by atoms with Gasteiger partial charge in [-0.25, -0.2) is 0 Å². The fraction of sp³-hybridized carbons (Fsp3) is 0.357. The van der Waals surface area contributed by atoms with Gasteiger partial charge in [0.25, 0.3) is 0 Å². The van der Waals surface area contributed by atoms with Gasteiger partial charge in [0.2, 0.25) is 5.91 Å². The number of hydrogen-bond donors (Lipinski definition) is 2. The number of aliphatic hydroxyl groups is 1. The molecule has 1 aromatic rings. The van der Waals surface area contributed by atoms with E-state index in [1.165, 1.54) is 0 Å². The quantitative estimate of drug-likeness (QED) is 0.759. The molecule has 1 aromatic carbocycles. The smallest absolute Gasteiger partial charge is 0.227 e. The van der Waals surface area contributed by atoms with Crippen LogP contribution in [0.5, 0.6) is 0 Å². The Morgan fingerprint density at radius 2 is 2.29 bits per heavy atom. The van der Waals surface area contributed by atoms with Crippen LogP contribution in [0.15, 0.2) is 24.3 Å². The van der Waals surface area contributed by atoms with Gasteiger partial charge < -0.3 is 10.4 Å². The summed E-state index contributed by atoms with van der Waals surface area (Å²) in [5.41, 5.74) is 1.57. The Labute approximate surface area is 101 Å². The van der Waals surface area contributed by atoms with Gasteiger partial charge in [-0.2, -0.15) is 0 Å². The summed E-state index contributed by atoms with van der Waals surface area (Å²) < 4.78 is 0. The van der Waals surface area contributed by atoms with Crippen LogP contribution >= 0.6 is 0 Å². The molecule has 0 unspecified atom stereocenters. The highest BCUT2D eigenvalue weighted by molar-refractivity contribution is 5.93. The molecule has 0 saturated heterocycles. The van der Waals surface area contributed by atoms with E-state index in [0.29, 0.717) is 0 Å². The van der Waals surface area contributed by atoms with Gasteiger partial charge >= 0.3 is 0 Å². The minimum absolute atomic E-state index is 0.100. The van der Waals surface area contributed by atoms with Gasteiger partial charge in [0.1, 0.15) is 6.61 Å². The summed E-state index contributed by atoms with van der Waals surface area (Å²) in [4.78, 5) is 11.7. The highest BCUT2D eigenvalue weighted by atomic mass is 16.2. The molecule has 0 atom stereocenters. The first-order valence-corrected chi connectivity index (χ1v) is 5.80. The van der Waals surface area contributed by atoms with Crippen LogP contribution in [0.25, 0.3) is 0 Å². The molecule has 17 heavy (non-hydrogen) atoms. The minimum atomic E-state index is -0.154. The molecule has 88 valence electrons.